The van der Waals surface area contributed by atoms with E-state index >= 15 is 0 Å². The quantitative estimate of drug-likeness (QED) is 0.304. The van der Waals surface area contributed by atoms with Crippen LogP contribution in [0.4, 0.5) is 0 Å². The average Bonchev–Trinajstić information content (AvgIpc) is 2.70. The first kappa shape index (κ1) is 22.6. The van der Waals surface area contributed by atoms with E-state index in [1.54, 1.807) is 18.2 Å². The topological polar surface area (TPSA) is 94.8 Å². The largest absolute Gasteiger partial charge is 0.481 e. The molecule has 1 aromatic heterocycles. The van der Waals surface area contributed by atoms with Crippen molar-refractivity contribution in [2.45, 2.75) is 20.8 Å². The van der Waals surface area contributed by atoms with Crippen molar-refractivity contribution in [1.82, 2.24) is 5.32 Å². The Hall–Kier alpha value is -3.13. The lowest BCUT2D eigenvalue weighted by Gasteiger charge is -2.09. The van der Waals surface area contributed by atoms with E-state index in [1.807, 2.05) is 32.9 Å². The number of halogens is 1. The van der Waals surface area contributed by atoms with E-state index < -0.39 is 17.5 Å². The van der Waals surface area contributed by atoms with E-state index in [0.29, 0.717) is 17.7 Å². The van der Waals surface area contributed by atoms with Gasteiger partial charge in [0.1, 0.15) is 22.6 Å². The van der Waals surface area contributed by atoms with Crippen LogP contribution in [0, 0.1) is 12.8 Å². The van der Waals surface area contributed by atoms with Crippen molar-refractivity contribution in [2.24, 2.45) is 5.92 Å². The minimum Gasteiger partial charge on any atom is -0.481 e. The molecule has 0 aliphatic heterocycles. The number of benzene rings is 2. The molecule has 0 aliphatic rings. The number of fused-ring (bicyclic) bond motifs is 1. The smallest absolute Gasteiger partial charge is 0.349 e. The van der Waals surface area contributed by atoms with Gasteiger partial charge in [-0.15, -0.1) is 0 Å². The standard InChI is InChI=1S/C23H22BrNO6/c1-13(2)11-25-22(27)17-9-15-5-6-16(10-20(15)31-23(17)28)30-21(26)12-29-19-7-4-14(3)8-18(19)24/h4-10,13H,11-12H2,1-3H3,(H,25,27). The van der Waals surface area contributed by atoms with Gasteiger partial charge in [0.15, 0.2) is 6.61 Å². The second kappa shape index (κ2) is 9.78. The lowest BCUT2D eigenvalue weighted by Crippen LogP contribution is -2.31. The normalized spacial score (nSPS) is 10.9. The second-order valence-electron chi connectivity index (χ2n) is 7.45. The predicted molar refractivity (Wildman–Crippen MR) is 120 cm³/mol. The molecule has 0 spiro atoms. The van der Waals surface area contributed by atoms with Crippen molar-refractivity contribution in [3.63, 3.8) is 0 Å². The number of nitrogens with one attached hydrogen (secondary N) is 1. The Balaban J connectivity index is 1.69. The Morgan fingerprint density at radius 3 is 2.61 bits per heavy atom. The monoisotopic (exact) mass is 487 g/mol. The summed E-state index contributed by atoms with van der Waals surface area (Å²) < 4.78 is 16.7. The summed E-state index contributed by atoms with van der Waals surface area (Å²) in [5.74, 6) is -0.123. The molecular weight excluding hydrogens is 466 g/mol. The van der Waals surface area contributed by atoms with Crippen molar-refractivity contribution in [1.29, 1.82) is 0 Å². The summed E-state index contributed by atoms with van der Waals surface area (Å²) in [6, 6.07) is 11.5. The number of hydrogen-bond acceptors (Lipinski definition) is 6. The van der Waals surface area contributed by atoms with Crippen molar-refractivity contribution < 1.29 is 23.5 Å². The summed E-state index contributed by atoms with van der Waals surface area (Å²) in [5, 5.41) is 3.23. The van der Waals surface area contributed by atoms with E-state index in [0.717, 1.165) is 10.0 Å². The van der Waals surface area contributed by atoms with E-state index in [1.165, 1.54) is 12.1 Å². The molecule has 0 bridgehead atoms. The van der Waals surface area contributed by atoms with Crippen LogP contribution in [0.5, 0.6) is 11.5 Å². The molecule has 0 aliphatic carbocycles. The molecule has 3 aromatic rings. The zero-order valence-corrected chi connectivity index (χ0v) is 18.9. The highest BCUT2D eigenvalue weighted by molar-refractivity contribution is 9.10. The van der Waals surface area contributed by atoms with Gasteiger partial charge in [-0.3, -0.25) is 4.79 Å². The van der Waals surface area contributed by atoms with Crippen LogP contribution >= 0.6 is 15.9 Å². The summed E-state index contributed by atoms with van der Waals surface area (Å²) >= 11 is 3.38. The number of ether oxygens (including phenoxy) is 2. The average molecular weight is 488 g/mol. The van der Waals surface area contributed by atoms with Crippen molar-refractivity contribution in [3.8, 4) is 11.5 Å². The van der Waals surface area contributed by atoms with Gasteiger partial charge < -0.3 is 19.2 Å². The molecule has 31 heavy (non-hydrogen) atoms. The number of aryl methyl sites for hydroxylation is 1. The highest BCUT2D eigenvalue weighted by Crippen LogP contribution is 2.26. The van der Waals surface area contributed by atoms with Gasteiger partial charge in [-0.05, 0) is 64.7 Å². The molecule has 1 heterocycles. The van der Waals surface area contributed by atoms with Gasteiger partial charge in [0, 0.05) is 18.0 Å². The lowest BCUT2D eigenvalue weighted by atomic mass is 10.1. The van der Waals surface area contributed by atoms with E-state index in [-0.39, 0.29) is 29.4 Å². The van der Waals surface area contributed by atoms with Gasteiger partial charge in [-0.2, -0.15) is 0 Å². The summed E-state index contributed by atoms with van der Waals surface area (Å²) in [4.78, 5) is 36.5. The van der Waals surface area contributed by atoms with Crippen LogP contribution in [0.25, 0.3) is 11.0 Å². The maximum Gasteiger partial charge on any atom is 0.349 e. The number of carbonyl (C=O) groups is 2. The molecule has 7 nitrogen and oxygen atoms in total. The molecular formula is C23H22BrNO6. The van der Waals surface area contributed by atoms with Crippen LogP contribution in [0.1, 0.15) is 29.8 Å². The third-order valence-electron chi connectivity index (χ3n) is 4.29. The van der Waals surface area contributed by atoms with Gasteiger partial charge in [0.05, 0.1) is 4.47 Å². The Kier molecular flexibility index (Phi) is 7.12. The highest BCUT2D eigenvalue weighted by Gasteiger charge is 2.15. The number of carbonyl (C=O) groups excluding carboxylic acids is 2. The Morgan fingerprint density at radius 1 is 1.13 bits per heavy atom. The Morgan fingerprint density at radius 2 is 1.90 bits per heavy atom. The molecule has 0 radical (unpaired) electrons. The predicted octanol–water partition coefficient (Wildman–Crippen LogP) is 4.23. The van der Waals surface area contributed by atoms with Crippen molar-refractivity contribution >= 4 is 38.8 Å². The SMILES string of the molecule is Cc1ccc(OCC(=O)Oc2ccc3cc(C(=O)NCC(C)C)c(=O)oc3c2)c(Br)c1. The second-order valence-corrected chi connectivity index (χ2v) is 8.30. The summed E-state index contributed by atoms with van der Waals surface area (Å²) in [6.07, 6.45) is 0. The summed E-state index contributed by atoms with van der Waals surface area (Å²) in [7, 11) is 0. The lowest BCUT2D eigenvalue weighted by molar-refractivity contribution is -0.136. The number of esters is 1. The van der Waals surface area contributed by atoms with Crippen LogP contribution < -0.4 is 20.4 Å². The molecule has 0 unspecified atom stereocenters. The van der Waals surface area contributed by atoms with Gasteiger partial charge in [-0.1, -0.05) is 19.9 Å². The zero-order valence-electron chi connectivity index (χ0n) is 17.4. The first-order valence-corrected chi connectivity index (χ1v) is 10.5. The van der Waals surface area contributed by atoms with Crippen LogP contribution in [-0.2, 0) is 4.79 Å². The van der Waals surface area contributed by atoms with Crippen molar-refractivity contribution in [3.05, 3.63) is 68.5 Å². The summed E-state index contributed by atoms with van der Waals surface area (Å²) in [5.41, 5.74) is 0.428. The van der Waals surface area contributed by atoms with Crippen LogP contribution in [0.3, 0.4) is 0 Å². The Labute approximate surface area is 187 Å². The molecule has 0 fully saturated rings. The van der Waals surface area contributed by atoms with E-state index in [4.69, 9.17) is 13.9 Å². The molecule has 162 valence electrons. The minimum absolute atomic E-state index is 0.0741. The van der Waals surface area contributed by atoms with Crippen molar-refractivity contribution in [2.75, 3.05) is 13.2 Å². The number of hydrogen-bond donors (Lipinski definition) is 1. The molecule has 8 heteroatoms. The number of rotatable bonds is 7. The van der Waals surface area contributed by atoms with Crippen LogP contribution in [0.2, 0.25) is 0 Å². The molecule has 3 rings (SSSR count). The molecule has 0 saturated carbocycles. The van der Waals surface area contributed by atoms with Crippen LogP contribution in [-0.4, -0.2) is 25.0 Å². The molecule has 1 amide bonds. The third-order valence-corrected chi connectivity index (χ3v) is 4.91. The molecule has 0 saturated heterocycles. The summed E-state index contributed by atoms with van der Waals surface area (Å²) in [6.45, 7) is 6.01. The van der Waals surface area contributed by atoms with Gasteiger partial charge >= 0.3 is 11.6 Å². The highest BCUT2D eigenvalue weighted by atomic mass is 79.9. The maximum atomic E-state index is 12.2. The first-order chi connectivity index (χ1) is 14.7. The fraction of sp³-hybridized carbons (Fsp3) is 0.261. The fourth-order valence-corrected chi connectivity index (χ4v) is 3.33. The molecule has 1 N–H and O–H groups in total. The number of amides is 1. The van der Waals surface area contributed by atoms with Gasteiger partial charge in [0.2, 0.25) is 0 Å². The fourth-order valence-electron chi connectivity index (χ4n) is 2.73. The van der Waals surface area contributed by atoms with Gasteiger partial charge in [0.25, 0.3) is 5.91 Å². The maximum absolute atomic E-state index is 12.2. The van der Waals surface area contributed by atoms with Crippen LogP contribution in [0.15, 0.2) is 56.1 Å². The third kappa shape index (κ3) is 5.95. The van der Waals surface area contributed by atoms with E-state index in [9.17, 15) is 14.4 Å². The first-order valence-electron chi connectivity index (χ1n) is 9.68. The van der Waals surface area contributed by atoms with Gasteiger partial charge in [-0.25, -0.2) is 9.59 Å². The minimum atomic E-state index is -0.759. The Bertz CT molecular complexity index is 1180. The van der Waals surface area contributed by atoms with E-state index in [2.05, 4.69) is 21.2 Å². The molecule has 0 atom stereocenters. The zero-order chi connectivity index (χ0) is 22.5. The molecule has 2 aromatic carbocycles.